The van der Waals surface area contributed by atoms with Gasteiger partial charge in [-0.1, -0.05) is 36.9 Å². The third-order valence-electron chi connectivity index (χ3n) is 4.21. The normalized spacial score (nSPS) is 14.6. The Labute approximate surface area is 194 Å². The third kappa shape index (κ3) is 7.38. The fourth-order valence-corrected chi connectivity index (χ4v) is 2.87. The smallest absolute Gasteiger partial charge is 0.456 e. The predicted octanol–water partition coefficient (Wildman–Crippen LogP) is 4.02. The second-order valence-electron chi connectivity index (χ2n) is 6.80. The van der Waals surface area contributed by atoms with Crippen molar-refractivity contribution in [1.29, 1.82) is 0 Å². The fourth-order valence-electron chi connectivity index (χ4n) is 2.39. The van der Waals surface area contributed by atoms with Crippen molar-refractivity contribution >= 4 is 22.1 Å². The number of halogens is 7. The molecule has 1 unspecified atom stereocenters. The molecule has 0 amide bonds. The Balaban J connectivity index is 2.99. The summed E-state index contributed by atoms with van der Waals surface area (Å²) in [5.74, 6) is -13.6. The molecule has 1 atom stereocenters. The first-order chi connectivity index (χ1) is 15.9. The molecule has 198 valence electrons. The molecule has 1 rings (SSSR count). The van der Waals surface area contributed by atoms with Crippen LogP contribution in [0.1, 0.15) is 24.8 Å². The zero-order valence-corrected chi connectivity index (χ0v) is 18.4. The fraction of sp³-hybridized carbons (Fsp3) is 0.474. The lowest BCUT2D eigenvalue weighted by molar-refractivity contribution is -0.355. The van der Waals surface area contributed by atoms with Gasteiger partial charge in [0.05, 0.1) is 6.61 Å². The molecule has 0 heterocycles. The molecule has 0 aliphatic heterocycles. The van der Waals surface area contributed by atoms with E-state index >= 15 is 0 Å². The monoisotopic (exact) mass is 540 g/mol. The van der Waals surface area contributed by atoms with Crippen molar-refractivity contribution in [3.63, 3.8) is 0 Å². The van der Waals surface area contributed by atoms with E-state index < -0.39 is 77.7 Å². The molecular weight excluding hydrogens is 521 g/mol. The topological polar surface area (TPSA) is 116 Å². The minimum atomic E-state index is -6.49. The maximum Gasteiger partial charge on any atom is 0.468 e. The van der Waals surface area contributed by atoms with Crippen LogP contribution in [0.4, 0.5) is 30.7 Å². The van der Waals surface area contributed by atoms with E-state index in [0.29, 0.717) is 0 Å². The van der Waals surface area contributed by atoms with Gasteiger partial charge in [0.25, 0.3) is 0 Å². The van der Waals surface area contributed by atoms with Crippen LogP contribution in [0.2, 0.25) is 0 Å². The number of ether oxygens (including phenoxy) is 3. The highest BCUT2D eigenvalue weighted by atomic mass is 32.2. The Kier molecular flexibility index (Phi) is 9.82. The summed E-state index contributed by atoms with van der Waals surface area (Å²) < 4.78 is 137. The highest BCUT2D eigenvalue weighted by Crippen LogP contribution is 2.42. The van der Waals surface area contributed by atoms with Crippen LogP contribution >= 0.6 is 0 Å². The number of carbonyl (C=O) groups excluding carboxylic acids is 2. The number of alkyl halides is 7. The molecule has 0 bridgehead atoms. The summed E-state index contributed by atoms with van der Waals surface area (Å²) >= 11 is 0. The Hall–Kier alpha value is -2.72. The van der Waals surface area contributed by atoms with Crippen LogP contribution in [0.25, 0.3) is 0 Å². The second kappa shape index (κ2) is 11.3. The average molecular weight is 540 g/mol. The van der Waals surface area contributed by atoms with Gasteiger partial charge in [0.1, 0.15) is 6.61 Å². The summed E-state index contributed by atoms with van der Waals surface area (Å²) in [6, 6.07) is 7.31. The van der Waals surface area contributed by atoms with Gasteiger partial charge in [-0.15, -0.1) is 0 Å². The molecule has 0 aliphatic rings. The number of hydrogen-bond acceptors (Lipinski definition) is 7. The first-order valence-electron chi connectivity index (χ1n) is 9.41. The number of esters is 2. The van der Waals surface area contributed by atoms with E-state index in [1.807, 2.05) is 0 Å². The Morgan fingerprint density at radius 1 is 1.00 bits per heavy atom. The maximum atomic E-state index is 13.8. The molecule has 35 heavy (non-hydrogen) atoms. The Morgan fingerprint density at radius 3 is 2.06 bits per heavy atom. The van der Waals surface area contributed by atoms with E-state index in [2.05, 4.69) is 20.8 Å². The zero-order chi connectivity index (χ0) is 27.1. The largest absolute Gasteiger partial charge is 0.468 e. The van der Waals surface area contributed by atoms with Crippen LogP contribution in [-0.4, -0.2) is 54.7 Å². The number of rotatable bonds is 13. The average Bonchev–Trinajstić information content (AvgIpc) is 2.75. The molecule has 16 heteroatoms. The zero-order valence-electron chi connectivity index (χ0n) is 17.6. The van der Waals surface area contributed by atoms with Gasteiger partial charge in [-0.05, 0) is 18.4 Å². The van der Waals surface area contributed by atoms with Crippen LogP contribution < -0.4 is 0 Å². The molecule has 0 aliphatic carbocycles. The molecule has 1 N–H and O–H groups in total. The van der Waals surface area contributed by atoms with Crippen molar-refractivity contribution in [1.82, 2.24) is 0 Å². The van der Waals surface area contributed by atoms with Gasteiger partial charge in [-0.3, -0.25) is 4.55 Å². The van der Waals surface area contributed by atoms with Crippen molar-refractivity contribution in [2.75, 3.05) is 6.61 Å². The highest BCUT2D eigenvalue weighted by Gasteiger charge is 2.68. The van der Waals surface area contributed by atoms with Gasteiger partial charge < -0.3 is 14.2 Å². The van der Waals surface area contributed by atoms with Gasteiger partial charge in [0.15, 0.2) is 0 Å². The van der Waals surface area contributed by atoms with Gasteiger partial charge in [-0.25, -0.2) is 9.59 Å². The first kappa shape index (κ1) is 30.3. The molecule has 1 aromatic rings. The van der Waals surface area contributed by atoms with E-state index in [-0.39, 0.29) is 11.6 Å². The first-order valence-corrected chi connectivity index (χ1v) is 10.8. The summed E-state index contributed by atoms with van der Waals surface area (Å²) in [5.41, 5.74) is 0.244. The quantitative estimate of drug-likeness (QED) is 0.0997. The van der Waals surface area contributed by atoms with E-state index in [9.17, 15) is 48.7 Å². The van der Waals surface area contributed by atoms with Crippen molar-refractivity contribution in [3.05, 3.63) is 48.6 Å². The van der Waals surface area contributed by atoms with Crippen molar-refractivity contribution in [2.24, 2.45) is 0 Å². The predicted molar refractivity (Wildman–Crippen MR) is 103 cm³/mol. The summed E-state index contributed by atoms with van der Waals surface area (Å²) in [5, 5.41) is -5.86. The number of carbonyl (C=O) groups is 2. The molecule has 0 saturated carbocycles. The standard InChI is InChI=1S/C19H19F7O8S/c1-2-14(27)34-17(18(22,23)24,15(28)32-12-13-8-4-3-5-9-13)33-11-7-6-10-16(20,21)19(25,26)35(29,30)31/h2-5,8-9H,1,6-7,10-12H2,(H,29,30,31). The Bertz CT molecular complexity index is 996. The van der Waals surface area contributed by atoms with E-state index in [0.717, 1.165) is 0 Å². The lowest BCUT2D eigenvalue weighted by Crippen LogP contribution is -2.58. The molecular formula is C19H19F7O8S. The van der Waals surface area contributed by atoms with Crippen molar-refractivity contribution in [2.45, 2.75) is 49.0 Å². The molecule has 0 spiro atoms. The molecule has 8 nitrogen and oxygen atoms in total. The van der Waals surface area contributed by atoms with Gasteiger partial charge >= 0.3 is 45.2 Å². The van der Waals surface area contributed by atoms with Gasteiger partial charge in [-0.2, -0.15) is 39.2 Å². The molecule has 0 aromatic heterocycles. The van der Waals surface area contributed by atoms with Gasteiger partial charge in [0.2, 0.25) is 0 Å². The minimum absolute atomic E-state index is 0.244. The third-order valence-corrected chi connectivity index (χ3v) is 5.15. The minimum Gasteiger partial charge on any atom is -0.456 e. The molecule has 0 fully saturated rings. The van der Waals surface area contributed by atoms with E-state index in [1.54, 1.807) is 6.07 Å². The summed E-state index contributed by atoms with van der Waals surface area (Å²) in [6.45, 7) is 0.929. The second-order valence-corrected chi connectivity index (χ2v) is 8.27. The molecule has 0 saturated heterocycles. The summed E-state index contributed by atoms with van der Waals surface area (Å²) in [7, 11) is -6.49. The number of benzene rings is 1. The van der Waals surface area contributed by atoms with Gasteiger partial charge in [0, 0.05) is 12.5 Å². The van der Waals surface area contributed by atoms with Crippen molar-refractivity contribution in [3.8, 4) is 0 Å². The lowest BCUT2D eigenvalue weighted by atomic mass is 10.1. The summed E-state index contributed by atoms with van der Waals surface area (Å²) in [4.78, 5) is 23.8. The van der Waals surface area contributed by atoms with Crippen LogP contribution in [0, 0.1) is 0 Å². The Morgan fingerprint density at radius 2 is 1.57 bits per heavy atom. The highest BCUT2D eigenvalue weighted by molar-refractivity contribution is 7.87. The van der Waals surface area contributed by atoms with Crippen LogP contribution in [0.3, 0.4) is 0 Å². The number of hydrogen-bond donors (Lipinski definition) is 1. The SMILES string of the molecule is C=CC(=O)OC(OCCCCC(F)(F)C(F)(F)S(=O)(=O)O)(C(=O)OCc1ccccc1)C(F)(F)F. The molecule has 1 aromatic carbocycles. The van der Waals surface area contributed by atoms with Crippen molar-refractivity contribution < 1.29 is 67.5 Å². The number of unbranched alkanes of at least 4 members (excludes halogenated alkanes) is 1. The van der Waals surface area contributed by atoms with Crippen LogP contribution in [0.15, 0.2) is 43.0 Å². The molecule has 0 radical (unpaired) electrons. The van der Waals surface area contributed by atoms with Crippen LogP contribution in [-0.2, 0) is 40.5 Å². The lowest BCUT2D eigenvalue weighted by Gasteiger charge is -2.32. The maximum absolute atomic E-state index is 13.8. The van der Waals surface area contributed by atoms with E-state index in [4.69, 9.17) is 4.55 Å². The van der Waals surface area contributed by atoms with E-state index in [1.165, 1.54) is 24.3 Å². The van der Waals surface area contributed by atoms with Crippen LogP contribution in [0.5, 0.6) is 0 Å². The summed E-state index contributed by atoms with van der Waals surface area (Å²) in [6.07, 6.45) is -9.30.